The zero-order chi connectivity index (χ0) is 17.1. The van der Waals surface area contributed by atoms with E-state index in [-0.39, 0.29) is 11.6 Å². The van der Waals surface area contributed by atoms with E-state index in [1.165, 1.54) is 29.3 Å². The molecule has 4 rings (SSSR count). The number of hydrogen-bond acceptors (Lipinski definition) is 7. The van der Waals surface area contributed by atoms with Gasteiger partial charge in [0.05, 0.1) is 22.9 Å². The minimum atomic E-state index is -0.302. The van der Waals surface area contributed by atoms with E-state index in [2.05, 4.69) is 25.5 Å². The molecule has 2 aromatic carbocycles. The van der Waals surface area contributed by atoms with E-state index < -0.39 is 0 Å². The van der Waals surface area contributed by atoms with Crippen LogP contribution in [-0.2, 0) is 0 Å². The highest BCUT2D eigenvalue weighted by Gasteiger charge is 2.13. The monoisotopic (exact) mass is 365 g/mol. The molecule has 1 N–H and O–H groups in total. The van der Waals surface area contributed by atoms with Crippen LogP contribution in [-0.4, -0.2) is 26.1 Å². The van der Waals surface area contributed by atoms with Gasteiger partial charge in [-0.2, -0.15) is 0 Å². The van der Waals surface area contributed by atoms with Crippen LogP contribution in [0.3, 0.4) is 0 Å². The fourth-order valence-corrected chi connectivity index (χ4v) is 3.73. The number of fused-ring (bicyclic) bond motifs is 1. The average Bonchev–Trinajstić information content (AvgIpc) is 3.16. The number of hydrogen-bond donors (Lipinski definition) is 1. The van der Waals surface area contributed by atoms with Gasteiger partial charge < -0.3 is 5.32 Å². The zero-order valence-corrected chi connectivity index (χ0v) is 14.4. The molecule has 0 bridgehead atoms. The number of amides is 1. The third-order valence-electron chi connectivity index (χ3n) is 3.35. The number of aromatic nitrogens is 4. The second kappa shape index (κ2) is 6.96. The molecule has 0 saturated heterocycles. The molecule has 4 aromatic rings. The average molecular weight is 365 g/mol. The lowest BCUT2D eigenvalue weighted by molar-refractivity contribution is 0.102. The largest absolute Gasteiger partial charge is 0.320 e. The van der Waals surface area contributed by atoms with Gasteiger partial charge in [0.25, 0.3) is 5.91 Å². The number of para-hydroxylation sites is 3. The van der Waals surface area contributed by atoms with Crippen molar-refractivity contribution in [2.24, 2.45) is 0 Å². The Morgan fingerprint density at radius 2 is 1.84 bits per heavy atom. The highest BCUT2D eigenvalue weighted by molar-refractivity contribution is 8.01. The Morgan fingerprint density at radius 3 is 2.68 bits per heavy atom. The maximum atomic E-state index is 12.6. The van der Waals surface area contributed by atoms with Crippen LogP contribution in [0.1, 0.15) is 10.5 Å². The molecule has 8 heteroatoms. The van der Waals surface area contributed by atoms with Gasteiger partial charge in [0.15, 0.2) is 4.34 Å². The molecule has 1 amide bonds. The van der Waals surface area contributed by atoms with Crippen molar-refractivity contribution in [2.75, 3.05) is 5.32 Å². The Morgan fingerprint density at radius 1 is 1.04 bits per heavy atom. The third-order valence-corrected chi connectivity index (χ3v) is 5.21. The molecule has 0 atom stereocenters. The number of benzene rings is 2. The van der Waals surface area contributed by atoms with Crippen LogP contribution in [0.15, 0.2) is 69.5 Å². The van der Waals surface area contributed by atoms with Crippen LogP contribution < -0.4 is 5.32 Å². The summed E-state index contributed by atoms with van der Waals surface area (Å²) < 4.78 is 0.812. The molecule has 0 radical (unpaired) electrons. The number of nitrogens with zero attached hydrogens (tertiary/aromatic N) is 4. The number of rotatable bonds is 4. The van der Waals surface area contributed by atoms with Gasteiger partial charge in [-0.05, 0) is 24.3 Å². The molecule has 0 aliphatic heterocycles. The van der Waals surface area contributed by atoms with E-state index in [0.29, 0.717) is 11.2 Å². The van der Waals surface area contributed by atoms with Crippen molar-refractivity contribution in [2.45, 2.75) is 9.24 Å². The summed E-state index contributed by atoms with van der Waals surface area (Å²) >= 11 is 2.90. The minimum Gasteiger partial charge on any atom is -0.320 e. The van der Waals surface area contributed by atoms with Crippen molar-refractivity contribution in [1.29, 1.82) is 0 Å². The summed E-state index contributed by atoms with van der Waals surface area (Å²) in [5, 5.41) is 10.7. The van der Waals surface area contributed by atoms with Crippen LogP contribution in [0, 0.1) is 0 Å². The van der Waals surface area contributed by atoms with Crippen LogP contribution in [0.5, 0.6) is 0 Å². The highest BCUT2D eigenvalue weighted by atomic mass is 32.2. The molecule has 0 saturated carbocycles. The second-order valence-corrected chi connectivity index (χ2v) is 7.12. The summed E-state index contributed by atoms with van der Waals surface area (Å²) in [4.78, 5) is 22.1. The van der Waals surface area contributed by atoms with Gasteiger partial charge in [0.2, 0.25) is 0 Å². The van der Waals surface area contributed by atoms with Crippen molar-refractivity contribution in [3.63, 3.8) is 0 Å². The van der Waals surface area contributed by atoms with Crippen molar-refractivity contribution < 1.29 is 4.79 Å². The van der Waals surface area contributed by atoms with Crippen molar-refractivity contribution in [3.05, 3.63) is 65.9 Å². The predicted octanol–water partition coefficient (Wildman–Crippen LogP) is 3.88. The van der Waals surface area contributed by atoms with Gasteiger partial charge in [-0.1, -0.05) is 47.4 Å². The molecule has 0 aliphatic rings. The Labute approximate surface area is 151 Å². The van der Waals surface area contributed by atoms with Gasteiger partial charge in [0.1, 0.15) is 11.2 Å². The molecular formula is C17H11N5OS2. The van der Waals surface area contributed by atoms with Crippen molar-refractivity contribution in [1.82, 2.24) is 20.2 Å². The van der Waals surface area contributed by atoms with E-state index in [1.807, 2.05) is 48.5 Å². The third kappa shape index (κ3) is 3.49. The summed E-state index contributed by atoms with van der Waals surface area (Å²) in [6, 6.07) is 15.0. The number of anilines is 1. The Hall–Kier alpha value is -2.84. The van der Waals surface area contributed by atoms with Crippen molar-refractivity contribution in [3.8, 4) is 0 Å². The van der Waals surface area contributed by atoms with Gasteiger partial charge in [-0.3, -0.25) is 9.78 Å². The lowest BCUT2D eigenvalue weighted by Crippen LogP contribution is -2.14. The number of carbonyl (C=O) groups is 1. The SMILES string of the molecule is O=C(Nc1ccccc1Sc1nncs1)c1cnc2ccccc2n1. The Bertz CT molecular complexity index is 1040. The topological polar surface area (TPSA) is 80.7 Å². The first kappa shape index (κ1) is 15.7. The van der Waals surface area contributed by atoms with E-state index in [4.69, 9.17) is 0 Å². The maximum Gasteiger partial charge on any atom is 0.275 e. The molecule has 122 valence electrons. The van der Waals surface area contributed by atoms with Gasteiger partial charge in [-0.25, -0.2) is 4.98 Å². The zero-order valence-electron chi connectivity index (χ0n) is 12.8. The number of nitrogens with one attached hydrogen (secondary N) is 1. The van der Waals surface area contributed by atoms with E-state index in [0.717, 1.165) is 14.8 Å². The normalized spacial score (nSPS) is 10.7. The lowest BCUT2D eigenvalue weighted by atomic mass is 10.2. The molecule has 2 heterocycles. The van der Waals surface area contributed by atoms with Crippen LogP contribution in [0.4, 0.5) is 5.69 Å². The summed E-state index contributed by atoms with van der Waals surface area (Å²) in [7, 11) is 0. The molecule has 0 unspecified atom stereocenters. The highest BCUT2D eigenvalue weighted by Crippen LogP contribution is 2.34. The van der Waals surface area contributed by atoms with Crippen LogP contribution in [0.2, 0.25) is 0 Å². The molecule has 6 nitrogen and oxygen atoms in total. The van der Waals surface area contributed by atoms with Crippen LogP contribution >= 0.6 is 23.1 Å². The van der Waals surface area contributed by atoms with Crippen molar-refractivity contribution >= 4 is 45.7 Å². The van der Waals surface area contributed by atoms with E-state index >= 15 is 0 Å². The fourth-order valence-electron chi connectivity index (χ4n) is 2.21. The first-order valence-electron chi connectivity index (χ1n) is 7.36. The number of carbonyl (C=O) groups excluding carboxylic acids is 1. The smallest absolute Gasteiger partial charge is 0.275 e. The van der Waals surface area contributed by atoms with Gasteiger partial charge in [0, 0.05) is 4.90 Å². The van der Waals surface area contributed by atoms with E-state index in [1.54, 1.807) is 5.51 Å². The molecule has 25 heavy (non-hydrogen) atoms. The first-order chi connectivity index (χ1) is 12.3. The Balaban J connectivity index is 1.59. The maximum absolute atomic E-state index is 12.6. The molecule has 0 spiro atoms. The molecule has 2 aromatic heterocycles. The molecule has 0 aliphatic carbocycles. The van der Waals surface area contributed by atoms with E-state index in [9.17, 15) is 4.79 Å². The fraction of sp³-hybridized carbons (Fsp3) is 0. The van der Waals surface area contributed by atoms with Gasteiger partial charge in [-0.15, -0.1) is 10.2 Å². The summed E-state index contributed by atoms with van der Waals surface area (Å²) in [6.45, 7) is 0. The quantitative estimate of drug-likeness (QED) is 0.591. The summed E-state index contributed by atoms with van der Waals surface area (Å²) in [5.41, 5.74) is 4.09. The molecular weight excluding hydrogens is 354 g/mol. The Kier molecular flexibility index (Phi) is 4.36. The predicted molar refractivity (Wildman–Crippen MR) is 98.0 cm³/mol. The first-order valence-corrected chi connectivity index (χ1v) is 9.05. The summed E-state index contributed by atoms with van der Waals surface area (Å²) in [6.07, 6.45) is 1.48. The van der Waals surface area contributed by atoms with Gasteiger partial charge >= 0.3 is 0 Å². The second-order valence-electron chi connectivity index (χ2n) is 5.00. The standard InChI is InChI=1S/C17H11N5OS2/c23-16(14-9-18-11-5-1-2-6-12(11)20-14)21-13-7-3-4-8-15(13)25-17-22-19-10-24-17/h1-10H,(H,21,23). The lowest BCUT2D eigenvalue weighted by Gasteiger charge is -2.09. The summed E-state index contributed by atoms with van der Waals surface area (Å²) in [5.74, 6) is -0.302. The molecule has 0 fully saturated rings. The minimum absolute atomic E-state index is 0.273. The van der Waals surface area contributed by atoms with Crippen LogP contribution in [0.25, 0.3) is 11.0 Å².